The maximum Gasteiger partial charge on any atom is 0.161 e. The number of rotatable bonds is 1. The zero-order valence-electron chi connectivity index (χ0n) is 11.8. The van der Waals surface area contributed by atoms with Gasteiger partial charge in [0, 0.05) is 29.3 Å². The minimum Gasteiger partial charge on any atom is -0.299 e. The molecule has 3 heteroatoms. The second-order valence-electron chi connectivity index (χ2n) is 6.43. The third kappa shape index (κ3) is 2.06. The normalized spacial score (nSPS) is 30.9. The van der Waals surface area contributed by atoms with Crippen molar-refractivity contribution in [2.75, 3.05) is 0 Å². The topological polar surface area (TPSA) is 46.5 Å². The molecule has 0 saturated carbocycles. The zero-order chi connectivity index (χ0) is 13.7. The fraction of sp³-hybridized carbons (Fsp3) is 0.667. The van der Waals surface area contributed by atoms with Crippen molar-refractivity contribution in [1.29, 1.82) is 0 Å². The Kier molecular flexibility index (Phi) is 3.04. The maximum absolute atomic E-state index is 12.3. The number of ketones is 2. The van der Waals surface area contributed by atoms with Gasteiger partial charge in [0.15, 0.2) is 5.78 Å². The Morgan fingerprint density at radius 3 is 2.50 bits per heavy atom. The van der Waals surface area contributed by atoms with Gasteiger partial charge in [0.1, 0.15) is 5.78 Å². The Hall–Kier alpha value is -1.25. The number of hydrogen-bond acceptors (Lipinski definition) is 3. The first-order chi connectivity index (χ1) is 8.23. The van der Waals surface area contributed by atoms with Crippen LogP contribution >= 0.6 is 0 Å². The predicted molar refractivity (Wildman–Crippen MR) is 71.5 cm³/mol. The van der Waals surface area contributed by atoms with Crippen LogP contribution < -0.4 is 0 Å². The molecule has 0 aromatic carbocycles. The van der Waals surface area contributed by atoms with Crippen LogP contribution in [-0.4, -0.2) is 17.3 Å². The summed E-state index contributed by atoms with van der Waals surface area (Å²) in [6.07, 6.45) is 1.40. The second-order valence-corrected chi connectivity index (χ2v) is 6.43. The Balaban J connectivity index is 2.48. The predicted octanol–water partition coefficient (Wildman–Crippen LogP) is 2.95. The summed E-state index contributed by atoms with van der Waals surface area (Å²) >= 11 is 0. The maximum atomic E-state index is 12.3. The van der Waals surface area contributed by atoms with Crippen molar-refractivity contribution in [3.8, 4) is 0 Å². The highest BCUT2D eigenvalue weighted by Gasteiger charge is 2.41. The van der Waals surface area contributed by atoms with Crippen LogP contribution in [-0.2, 0) is 9.59 Å². The lowest BCUT2D eigenvalue weighted by Crippen LogP contribution is -2.38. The van der Waals surface area contributed by atoms with Gasteiger partial charge in [0.05, 0.1) is 5.92 Å². The Morgan fingerprint density at radius 2 is 1.94 bits per heavy atom. The first-order valence-electron chi connectivity index (χ1n) is 6.55. The number of carbonyl (C=O) groups is 2. The number of carbonyl (C=O) groups excluding carboxylic acids is 2. The SMILES string of the molecule is CC(=O)[C@H]1C(C)=NC2=C(C(=O)CC(C)(C)C2)[C@@H]1C. The third-order valence-corrected chi connectivity index (χ3v) is 4.05. The number of aliphatic imine (C=N–C) groups is 1. The number of hydrogen-bond donors (Lipinski definition) is 0. The minimum absolute atomic E-state index is 0.0114. The van der Waals surface area contributed by atoms with Gasteiger partial charge in [-0.3, -0.25) is 14.6 Å². The van der Waals surface area contributed by atoms with Crippen molar-refractivity contribution in [3.63, 3.8) is 0 Å². The van der Waals surface area contributed by atoms with Gasteiger partial charge in [-0.25, -0.2) is 0 Å². The van der Waals surface area contributed by atoms with Gasteiger partial charge in [-0.2, -0.15) is 0 Å². The van der Waals surface area contributed by atoms with Crippen molar-refractivity contribution < 1.29 is 9.59 Å². The Morgan fingerprint density at radius 1 is 1.33 bits per heavy atom. The van der Waals surface area contributed by atoms with E-state index in [9.17, 15) is 9.59 Å². The van der Waals surface area contributed by atoms with E-state index in [0.29, 0.717) is 6.42 Å². The summed E-state index contributed by atoms with van der Waals surface area (Å²) in [6, 6.07) is 0. The molecule has 0 fully saturated rings. The monoisotopic (exact) mass is 247 g/mol. The molecule has 18 heavy (non-hydrogen) atoms. The molecule has 3 nitrogen and oxygen atoms in total. The molecule has 0 spiro atoms. The molecule has 0 unspecified atom stereocenters. The molecule has 0 aromatic rings. The number of allylic oxidation sites excluding steroid dienone is 2. The van der Waals surface area contributed by atoms with E-state index in [1.54, 1.807) is 6.92 Å². The molecule has 0 saturated heterocycles. The fourth-order valence-corrected chi connectivity index (χ4v) is 3.38. The van der Waals surface area contributed by atoms with Gasteiger partial charge in [-0.05, 0) is 25.7 Å². The van der Waals surface area contributed by atoms with E-state index >= 15 is 0 Å². The summed E-state index contributed by atoms with van der Waals surface area (Å²) in [5.41, 5.74) is 2.57. The molecule has 0 N–H and O–H groups in total. The van der Waals surface area contributed by atoms with Crippen LogP contribution in [0.2, 0.25) is 0 Å². The van der Waals surface area contributed by atoms with Crippen molar-refractivity contribution in [1.82, 2.24) is 0 Å². The molecule has 1 aliphatic carbocycles. The van der Waals surface area contributed by atoms with Gasteiger partial charge >= 0.3 is 0 Å². The lowest BCUT2D eigenvalue weighted by atomic mass is 9.68. The van der Waals surface area contributed by atoms with Crippen LogP contribution in [0.15, 0.2) is 16.3 Å². The van der Waals surface area contributed by atoms with Crippen molar-refractivity contribution in [2.24, 2.45) is 22.2 Å². The van der Waals surface area contributed by atoms with Gasteiger partial charge in [0.25, 0.3) is 0 Å². The molecular formula is C15H21NO2. The molecule has 0 bridgehead atoms. The standard InChI is InChI=1S/C15H21NO2/c1-8-13(10(3)17)9(2)16-11-6-15(4,5)7-12(18)14(8)11/h8,13H,6-7H2,1-5H3/t8-,13-/m1/s1. The molecule has 2 aliphatic rings. The molecule has 98 valence electrons. The minimum atomic E-state index is -0.214. The van der Waals surface area contributed by atoms with Crippen LogP contribution in [0.3, 0.4) is 0 Å². The van der Waals surface area contributed by atoms with Gasteiger partial charge in [-0.15, -0.1) is 0 Å². The average Bonchev–Trinajstić information content (AvgIpc) is 2.11. The molecule has 0 radical (unpaired) electrons. The first-order valence-corrected chi connectivity index (χ1v) is 6.55. The first kappa shape index (κ1) is 13.2. The summed E-state index contributed by atoms with van der Waals surface area (Å²) in [5.74, 6) is 0.0525. The summed E-state index contributed by atoms with van der Waals surface area (Å²) in [6.45, 7) is 9.67. The lowest BCUT2D eigenvalue weighted by molar-refractivity contribution is -0.120. The quantitative estimate of drug-likeness (QED) is 0.715. The zero-order valence-corrected chi connectivity index (χ0v) is 11.8. The summed E-state index contributed by atoms with van der Waals surface area (Å²) in [5, 5.41) is 0. The van der Waals surface area contributed by atoms with Crippen molar-refractivity contribution in [2.45, 2.75) is 47.5 Å². The molecule has 1 heterocycles. The number of nitrogens with zero attached hydrogens (tertiary/aromatic N) is 1. The summed E-state index contributed by atoms with van der Waals surface area (Å²) in [7, 11) is 0. The van der Waals surface area contributed by atoms with E-state index in [1.807, 2.05) is 13.8 Å². The highest BCUT2D eigenvalue weighted by Crippen LogP contribution is 2.43. The van der Waals surface area contributed by atoms with E-state index in [-0.39, 0.29) is 28.8 Å². The second kappa shape index (κ2) is 4.15. The average molecular weight is 247 g/mol. The van der Waals surface area contributed by atoms with Crippen LogP contribution in [0.25, 0.3) is 0 Å². The van der Waals surface area contributed by atoms with Crippen LogP contribution in [0.5, 0.6) is 0 Å². The Bertz CT molecular complexity index is 483. The highest BCUT2D eigenvalue weighted by atomic mass is 16.1. The molecule has 0 amide bonds. The van der Waals surface area contributed by atoms with Crippen LogP contribution in [0, 0.1) is 17.3 Å². The van der Waals surface area contributed by atoms with E-state index in [4.69, 9.17) is 0 Å². The molecule has 2 atom stereocenters. The molecular weight excluding hydrogens is 226 g/mol. The van der Waals surface area contributed by atoms with E-state index < -0.39 is 0 Å². The molecule has 1 aliphatic heterocycles. The largest absolute Gasteiger partial charge is 0.299 e. The van der Waals surface area contributed by atoms with E-state index in [1.165, 1.54) is 0 Å². The highest BCUT2D eigenvalue weighted by molar-refractivity contribution is 6.08. The Labute approximate surface area is 108 Å². The van der Waals surface area contributed by atoms with E-state index in [0.717, 1.165) is 23.4 Å². The molecule has 2 rings (SSSR count). The summed E-state index contributed by atoms with van der Waals surface area (Å²) in [4.78, 5) is 28.6. The van der Waals surface area contributed by atoms with Gasteiger partial charge in [-0.1, -0.05) is 20.8 Å². The van der Waals surface area contributed by atoms with Crippen LogP contribution in [0.1, 0.15) is 47.5 Å². The van der Waals surface area contributed by atoms with Gasteiger partial charge < -0.3 is 0 Å². The fourth-order valence-electron chi connectivity index (χ4n) is 3.38. The number of Topliss-reactive ketones (excluding diaryl/α,β-unsaturated/α-hetero) is 2. The summed E-state index contributed by atoms with van der Waals surface area (Å²) < 4.78 is 0. The third-order valence-electron chi connectivity index (χ3n) is 4.05. The van der Waals surface area contributed by atoms with Crippen LogP contribution in [0.4, 0.5) is 0 Å². The lowest BCUT2D eigenvalue weighted by Gasteiger charge is -2.37. The smallest absolute Gasteiger partial charge is 0.161 e. The van der Waals surface area contributed by atoms with Crippen molar-refractivity contribution >= 4 is 17.3 Å². The van der Waals surface area contributed by atoms with Gasteiger partial charge in [0.2, 0.25) is 0 Å². The van der Waals surface area contributed by atoms with Crippen molar-refractivity contribution in [3.05, 3.63) is 11.3 Å². The van der Waals surface area contributed by atoms with E-state index in [2.05, 4.69) is 18.8 Å². The molecule has 0 aromatic heterocycles.